The minimum atomic E-state index is -4.48. The van der Waals surface area contributed by atoms with E-state index in [1.807, 2.05) is 0 Å². The van der Waals surface area contributed by atoms with Crippen molar-refractivity contribution in [2.75, 3.05) is 0 Å². The number of halogens is 4. The van der Waals surface area contributed by atoms with Gasteiger partial charge in [0.15, 0.2) is 0 Å². The molecule has 0 radical (unpaired) electrons. The molecule has 0 aliphatic carbocycles. The summed E-state index contributed by atoms with van der Waals surface area (Å²) >= 11 is 3.26. The van der Waals surface area contributed by atoms with Crippen LogP contribution in [0.5, 0.6) is 0 Å². The minimum absolute atomic E-state index is 0.0197. The normalized spacial score (nSPS) is 11.7. The quantitative estimate of drug-likeness (QED) is 0.633. The number of rotatable bonds is 2. The molecule has 24 heavy (non-hydrogen) atoms. The van der Waals surface area contributed by atoms with Crippen LogP contribution in [0.4, 0.5) is 13.2 Å². The number of aromatic carboxylic acids is 1. The Balaban J connectivity index is 2.24. The van der Waals surface area contributed by atoms with Gasteiger partial charge < -0.3 is 5.11 Å². The highest BCUT2D eigenvalue weighted by molar-refractivity contribution is 9.10. The largest absolute Gasteiger partial charge is 0.478 e. The van der Waals surface area contributed by atoms with E-state index in [9.17, 15) is 23.1 Å². The first-order valence-corrected chi connectivity index (χ1v) is 7.56. The third-order valence-corrected chi connectivity index (χ3v) is 3.98. The lowest BCUT2D eigenvalue weighted by molar-refractivity contribution is -0.137. The molecule has 3 nitrogen and oxygen atoms in total. The fourth-order valence-electron chi connectivity index (χ4n) is 2.38. The third-order valence-electron chi connectivity index (χ3n) is 3.49. The fourth-order valence-corrected chi connectivity index (χ4v) is 2.74. The van der Waals surface area contributed by atoms with Crippen LogP contribution in [-0.2, 0) is 6.18 Å². The topological polar surface area (TPSA) is 50.2 Å². The molecule has 0 spiro atoms. The van der Waals surface area contributed by atoms with Gasteiger partial charge in [0.25, 0.3) is 0 Å². The number of hydrogen-bond acceptors (Lipinski definition) is 2. The zero-order valence-corrected chi connectivity index (χ0v) is 13.5. The van der Waals surface area contributed by atoms with Gasteiger partial charge in [-0.2, -0.15) is 13.2 Å². The number of aromatic nitrogens is 1. The molecule has 1 heterocycles. The summed E-state index contributed by atoms with van der Waals surface area (Å²) in [4.78, 5) is 15.8. The van der Waals surface area contributed by atoms with E-state index >= 15 is 0 Å². The Bertz CT molecular complexity index is 954. The van der Waals surface area contributed by atoms with Crippen molar-refractivity contribution in [2.45, 2.75) is 6.18 Å². The second-order valence-corrected chi connectivity index (χ2v) is 6.02. The van der Waals surface area contributed by atoms with Crippen LogP contribution in [0.15, 0.2) is 53.0 Å². The molecule has 3 aromatic rings. The van der Waals surface area contributed by atoms with Gasteiger partial charge in [-0.25, -0.2) is 9.78 Å². The molecule has 0 aliphatic heterocycles. The number of carboxylic acids is 1. The van der Waals surface area contributed by atoms with E-state index < -0.39 is 17.7 Å². The molecule has 3 rings (SSSR count). The molecular weight excluding hydrogens is 387 g/mol. The maximum absolute atomic E-state index is 12.9. The van der Waals surface area contributed by atoms with Crippen LogP contribution < -0.4 is 0 Å². The zero-order valence-electron chi connectivity index (χ0n) is 11.9. The Morgan fingerprint density at radius 3 is 2.50 bits per heavy atom. The van der Waals surface area contributed by atoms with Gasteiger partial charge in [-0.3, -0.25) is 0 Å². The Labute approximate surface area is 142 Å². The van der Waals surface area contributed by atoms with E-state index in [0.29, 0.717) is 15.4 Å². The van der Waals surface area contributed by atoms with E-state index in [-0.39, 0.29) is 16.8 Å². The molecule has 0 bridgehead atoms. The van der Waals surface area contributed by atoms with Crippen molar-refractivity contribution >= 4 is 32.8 Å². The highest BCUT2D eigenvalue weighted by Gasteiger charge is 2.30. The van der Waals surface area contributed by atoms with Crippen molar-refractivity contribution in [3.8, 4) is 11.3 Å². The van der Waals surface area contributed by atoms with Crippen molar-refractivity contribution in [1.82, 2.24) is 4.98 Å². The van der Waals surface area contributed by atoms with Gasteiger partial charge in [0.05, 0.1) is 22.3 Å². The number of carbonyl (C=O) groups is 1. The Morgan fingerprint density at radius 2 is 1.83 bits per heavy atom. The minimum Gasteiger partial charge on any atom is -0.478 e. The van der Waals surface area contributed by atoms with Crippen LogP contribution in [0.2, 0.25) is 0 Å². The Hall–Kier alpha value is -2.41. The first kappa shape index (κ1) is 16.4. The predicted molar refractivity (Wildman–Crippen MR) is 86.8 cm³/mol. The van der Waals surface area contributed by atoms with Crippen molar-refractivity contribution in [3.05, 3.63) is 64.1 Å². The lowest BCUT2D eigenvalue weighted by Gasteiger charge is -2.10. The lowest BCUT2D eigenvalue weighted by atomic mass is 10.0. The number of hydrogen-bond donors (Lipinski definition) is 1. The number of fused-ring (bicyclic) bond motifs is 1. The van der Waals surface area contributed by atoms with E-state index in [2.05, 4.69) is 20.9 Å². The third kappa shape index (κ3) is 3.12. The van der Waals surface area contributed by atoms with Gasteiger partial charge in [-0.15, -0.1) is 0 Å². The molecule has 0 unspecified atom stereocenters. The van der Waals surface area contributed by atoms with Crippen molar-refractivity contribution < 1.29 is 23.1 Å². The summed E-state index contributed by atoms with van der Waals surface area (Å²) in [5.41, 5.74) is -0.0562. The maximum Gasteiger partial charge on any atom is 0.416 e. The number of pyridine rings is 1. The summed E-state index contributed by atoms with van der Waals surface area (Å²) in [6, 6.07) is 10.9. The second kappa shape index (κ2) is 5.90. The first-order chi connectivity index (χ1) is 11.3. The average Bonchev–Trinajstić information content (AvgIpc) is 2.53. The predicted octanol–water partition coefficient (Wildman–Crippen LogP) is 5.38. The molecule has 1 aromatic heterocycles. The average molecular weight is 396 g/mol. The Kier molecular flexibility index (Phi) is 4.04. The van der Waals surface area contributed by atoms with Crippen LogP contribution in [0.1, 0.15) is 15.9 Å². The summed E-state index contributed by atoms with van der Waals surface area (Å²) in [6.07, 6.45) is -4.48. The Morgan fingerprint density at radius 1 is 1.08 bits per heavy atom. The standard InChI is InChI=1S/C17H9BrF3NO2/c18-11-4-5-14-12(7-11)13(16(23)24)8-15(22-14)9-2-1-3-10(6-9)17(19,20)21/h1-8H,(H,23,24). The van der Waals surface area contributed by atoms with E-state index in [0.717, 1.165) is 12.1 Å². The SMILES string of the molecule is O=C(O)c1cc(-c2cccc(C(F)(F)F)c2)nc2ccc(Br)cc12. The number of benzene rings is 2. The molecule has 0 saturated carbocycles. The fraction of sp³-hybridized carbons (Fsp3) is 0.0588. The number of nitrogens with zero attached hydrogens (tertiary/aromatic N) is 1. The van der Waals surface area contributed by atoms with Crippen LogP contribution in [0.3, 0.4) is 0 Å². The molecule has 0 saturated heterocycles. The number of carboxylic acid groups (broad SMARTS) is 1. The summed E-state index contributed by atoms with van der Waals surface area (Å²) in [7, 11) is 0. The van der Waals surface area contributed by atoms with Gasteiger partial charge in [0, 0.05) is 15.4 Å². The molecule has 0 fully saturated rings. The van der Waals surface area contributed by atoms with E-state index in [1.54, 1.807) is 18.2 Å². The monoisotopic (exact) mass is 395 g/mol. The summed E-state index contributed by atoms with van der Waals surface area (Å²) in [5, 5.41) is 9.82. The van der Waals surface area contributed by atoms with Gasteiger partial charge in [-0.05, 0) is 36.4 Å². The molecule has 0 atom stereocenters. The van der Waals surface area contributed by atoms with Crippen LogP contribution >= 0.6 is 15.9 Å². The molecular formula is C17H9BrF3NO2. The van der Waals surface area contributed by atoms with E-state index in [4.69, 9.17) is 0 Å². The molecule has 1 N–H and O–H groups in total. The lowest BCUT2D eigenvalue weighted by Crippen LogP contribution is -2.05. The second-order valence-electron chi connectivity index (χ2n) is 5.10. The first-order valence-electron chi connectivity index (χ1n) is 6.77. The van der Waals surface area contributed by atoms with Gasteiger partial charge >= 0.3 is 12.1 Å². The van der Waals surface area contributed by atoms with Crippen molar-refractivity contribution in [2.24, 2.45) is 0 Å². The van der Waals surface area contributed by atoms with Crippen LogP contribution in [0, 0.1) is 0 Å². The van der Waals surface area contributed by atoms with Crippen molar-refractivity contribution in [3.63, 3.8) is 0 Å². The van der Waals surface area contributed by atoms with Gasteiger partial charge in [0.2, 0.25) is 0 Å². The molecule has 2 aromatic carbocycles. The van der Waals surface area contributed by atoms with Gasteiger partial charge in [0.1, 0.15) is 0 Å². The highest BCUT2D eigenvalue weighted by atomic mass is 79.9. The van der Waals surface area contributed by atoms with E-state index in [1.165, 1.54) is 18.2 Å². The van der Waals surface area contributed by atoms with Gasteiger partial charge in [-0.1, -0.05) is 28.1 Å². The molecule has 122 valence electrons. The highest BCUT2D eigenvalue weighted by Crippen LogP contribution is 2.33. The molecule has 7 heteroatoms. The maximum atomic E-state index is 12.9. The number of alkyl halides is 3. The molecule has 0 amide bonds. The summed E-state index contributed by atoms with van der Waals surface area (Å²) in [5.74, 6) is -1.17. The summed E-state index contributed by atoms with van der Waals surface area (Å²) in [6.45, 7) is 0. The van der Waals surface area contributed by atoms with Crippen molar-refractivity contribution in [1.29, 1.82) is 0 Å². The zero-order chi connectivity index (χ0) is 17.5. The van der Waals surface area contributed by atoms with Crippen LogP contribution in [0.25, 0.3) is 22.2 Å². The summed E-state index contributed by atoms with van der Waals surface area (Å²) < 4.78 is 39.3. The smallest absolute Gasteiger partial charge is 0.416 e. The van der Waals surface area contributed by atoms with Crippen LogP contribution in [-0.4, -0.2) is 16.1 Å². The molecule has 0 aliphatic rings.